The van der Waals surface area contributed by atoms with Crippen LogP contribution in [-0.2, 0) is 4.74 Å². The minimum Gasteiger partial charge on any atom is -0.379 e. The van der Waals surface area contributed by atoms with Gasteiger partial charge >= 0.3 is 0 Å². The number of pyridine rings is 1. The van der Waals surface area contributed by atoms with Gasteiger partial charge in [0.05, 0.1) is 24.8 Å². The van der Waals surface area contributed by atoms with Crippen molar-refractivity contribution in [2.24, 2.45) is 0 Å². The van der Waals surface area contributed by atoms with Crippen LogP contribution < -0.4 is 5.56 Å². The lowest BCUT2D eigenvalue weighted by Crippen LogP contribution is -2.42. The average Bonchev–Trinajstić information content (AvgIpc) is 3.45. The van der Waals surface area contributed by atoms with Gasteiger partial charge in [-0.15, -0.1) is 5.10 Å². The molecule has 30 heavy (non-hydrogen) atoms. The van der Waals surface area contributed by atoms with Crippen molar-refractivity contribution in [1.82, 2.24) is 30.1 Å². The molecule has 0 amide bonds. The molecule has 3 aromatic rings. The van der Waals surface area contributed by atoms with Crippen molar-refractivity contribution < 1.29 is 4.74 Å². The Balaban J connectivity index is 1.68. The molecule has 158 valence electrons. The van der Waals surface area contributed by atoms with Gasteiger partial charge in [0.15, 0.2) is 5.82 Å². The number of hydrogen-bond donors (Lipinski definition) is 1. The van der Waals surface area contributed by atoms with Crippen molar-refractivity contribution in [3.8, 4) is 0 Å². The Morgan fingerprint density at radius 3 is 2.63 bits per heavy atom. The number of nitrogens with zero attached hydrogens (tertiary/aromatic N) is 5. The van der Waals surface area contributed by atoms with Gasteiger partial charge in [0.25, 0.3) is 5.56 Å². The topological polar surface area (TPSA) is 88.9 Å². The first-order valence-corrected chi connectivity index (χ1v) is 10.9. The predicted molar refractivity (Wildman–Crippen MR) is 114 cm³/mol. The molecule has 1 saturated carbocycles. The molecule has 1 aromatic carbocycles. The molecule has 1 aliphatic heterocycles. The largest absolute Gasteiger partial charge is 0.379 e. The number of H-pyrrole nitrogens is 1. The number of ether oxygens (including phenoxy) is 1. The van der Waals surface area contributed by atoms with Gasteiger partial charge in [-0.05, 0) is 54.3 Å². The summed E-state index contributed by atoms with van der Waals surface area (Å²) in [5.41, 5.74) is 3.74. The molecular formula is C22H28N6O2. The third-order valence-corrected chi connectivity index (χ3v) is 6.61. The second-order valence-electron chi connectivity index (χ2n) is 8.51. The average molecular weight is 409 g/mol. The maximum absolute atomic E-state index is 13.3. The highest BCUT2D eigenvalue weighted by Gasteiger charge is 2.34. The summed E-state index contributed by atoms with van der Waals surface area (Å²) in [6, 6.07) is 6.21. The van der Waals surface area contributed by atoms with E-state index in [2.05, 4.69) is 38.4 Å². The zero-order chi connectivity index (χ0) is 20.7. The molecule has 2 aromatic heterocycles. The van der Waals surface area contributed by atoms with Crippen LogP contribution in [-0.4, -0.2) is 56.4 Å². The Labute approximate surface area is 175 Å². The van der Waals surface area contributed by atoms with E-state index >= 15 is 0 Å². The van der Waals surface area contributed by atoms with E-state index in [1.54, 1.807) is 0 Å². The fourth-order valence-electron chi connectivity index (χ4n) is 4.92. The molecule has 0 radical (unpaired) electrons. The van der Waals surface area contributed by atoms with E-state index in [4.69, 9.17) is 4.74 Å². The zero-order valence-corrected chi connectivity index (χ0v) is 17.6. The Morgan fingerprint density at radius 1 is 1.13 bits per heavy atom. The lowest BCUT2D eigenvalue weighted by atomic mass is 9.99. The number of rotatable bonds is 4. The first-order chi connectivity index (χ1) is 14.6. The summed E-state index contributed by atoms with van der Waals surface area (Å²) >= 11 is 0. The molecule has 8 nitrogen and oxygen atoms in total. The quantitative estimate of drug-likeness (QED) is 0.714. The van der Waals surface area contributed by atoms with Crippen molar-refractivity contribution in [3.63, 3.8) is 0 Å². The van der Waals surface area contributed by atoms with Crippen LogP contribution in [0.4, 0.5) is 0 Å². The van der Waals surface area contributed by atoms with Crippen LogP contribution in [0.3, 0.4) is 0 Å². The van der Waals surface area contributed by atoms with Gasteiger partial charge in [0.1, 0.15) is 6.04 Å². The maximum Gasteiger partial charge on any atom is 0.253 e. The van der Waals surface area contributed by atoms with Crippen molar-refractivity contribution >= 4 is 10.9 Å². The van der Waals surface area contributed by atoms with Gasteiger partial charge in [0, 0.05) is 24.0 Å². The maximum atomic E-state index is 13.3. The van der Waals surface area contributed by atoms with Crippen LogP contribution in [0.15, 0.2) is 23.0 Å². The second-order valence-corrected chi connectivity index (χ2v) is 8.51. The monoisotopic (exact) mass is 408 g/mol. The van der Waals surface area contributed by atoms with Crippen LogP contribution in [0.5, 0.6) is 0 Å². The van der Waals surface area contributed by atoms with E-state index in [1.807, 2.05) is 23.7 Å². The molecule has 1 atom stereocenters. The molecular weight excluding hydrogens is 380 g/mol. The number of aryl methyl sites for hydroxylation is 2. The summed E-state index contributed by atoms with van der Waals surface area (Å²) < 4.78 is 7.55. The summed E-state index contributed by atoms with van der Waals surface area (Å²) in [5.74, 6) is 0.763. The van der Waals surface area contributed by atoms with Gasteiger partial charge < -0.3 is 9.72 Å². The first kappa shape index (κ1) is 19.4. The molecule has 2 fully saturated rings. The standard InChI is InChI=1S/C22H28N6O2/c1-14-7-8-15(2)19-17(14)13-18(22(29)23-19)20(27-9-11-30-12-10-27)21-24-25-26-28(21)16-5-3-4-6-16/h7-8,13,16,20H,3-6,9-12H2,1-2H3,(H,23,29)/t20-/m0/s1. The van der Waals surface area contributed by atoms with Gasteiger partial charge in [-0.25, -0.2) is 4.68 Å². The second kappa shape index (κ2) is 7.92. The lowest BCUT2D eigenvalue weighted by Gasteiger charge is -2.34. The third-order valence-electron chi connectivity index (χ3n) is 6.61. The number of tetrazole rings is 1. The van der Waals surface area contributed by atoms with Crippen molar-refractivity contribution in [2.75, 3.05) is 26.3 Å². The first-order valence-electron chi connectivity index (χ1n) is 10.9. The smallest absolute Gasteiger partial charge is 0.253 e. The van der Waals surface area contributed by atoms with E-state index in [9.17, 15) is 4.79 Å². The highest BCUT2D eigenvalue weighted by Crippen LogP contribution is 2.34. The van der Waals surface area contributed by atoms with E-state index in [-0.39, 0.29) is 11.6 Å². The minimum atomic E-state index is -0.294. The van der Waals surface area contributed by atoms with Crippen LogP contribution in [0.2, 0.25) is 0 Å². The molecule has 0 unspecified atom stereocenters. The molecule has 2 aliphatic rings. The van der Waals surface area contributed by atoms with E-state index in [0.717, 1.165) is 53.8 Å². The molecule has 1 N–H and O–H groups in total. The molecule has 3 heterocycles. The van der Waals surface area contributed by atoms with Crippen LogP contribution >= 0.6 is 0 Å². The van der Waals surface area contributed by atoms with Gasteiger partial charge in [-0.3, -0.25) is 9.69 Å². The molecule has 0 bridgehead atoms. The minimum absolute atomic E-state index is 0.0753. The Kier molecular flexibility index (Phi) is 5.12. The number of benzene rings is 1. The van der Waals surface area contributed by atoms with Crippen LogP contribution in [0.25, 0.3) is 10.9 Å². The summed E-state index contributed by atoms with van der Waals surface area (Å²) in [6.45, 7) is 6.88. The predicted octanol–water partition coefficient (Wildman–Crippen LogP) is 2.67. The summed E-state index contributed by atoms with van der Waals surface area (Å²) in [7, 11) is 0. The number of aromatic nitrogens is 5. The Bertz CT molecular complexity index is 1110. The van der Waals surface area contributed by atoms with Gasteiger partial charge in [-0.1, -0.05) is 25.0 Å². The zero-order valence-electron chi connectivity index (χ0n) is 17.6. The lowest BCUT2D eigenvalue weighted by molar-refractivity contribution is 0.0211. The SMILES string of the molecule is Cc1ccc(C)c2[nH]c(=O)c([C@@H](c3nnnn3C3CCCC3)N3CCOCC3)cc12. The Morgan fingerprint density at radius 2 is 1.87 bits per heavy atom. The van der Waals surface area contributed by atoms with Crippen molar-refractivity contribution in [1.29, 1.82) is 0 Å². The van der Waals surface area contributed by atoms with E-state index < -0.39 is 0 Å². The highest BCUT2D eigenvalue weighted by atomic mass is 16.5. The molecule has 8 heteroatoms. The van der Waals surface area contributed by atoms with Gasteiger partial charge in [-0.2, -0.15) is 0 Å². The van der Waals surface area contributed by atoms with E-state index in [1.165, 1.54) is 12.8 Å². The van der Waals surface area contributed by atoms with Crippen molar-refractivity contribution in [2.45, 2.75) is 51.6 Å². The van der Waals surface area contributed by atoms with Crippen molar-refractivity contribution in [3.05, 3.63) is 51.1 Å². The van der Waals surface area contributed by atoms with E-state index in [0.29, 0.717) is 24.8 Å². The number of fused-ring (bicyclic) bond motifs is 1. The number of morpholine rings is 1. The number of nitrogens with one attached hydrogen (secondary N) is 1. The van der Waals surface area contributed by atoms with Gasteiger partial charge in [0.2, 0.25) is 0 Å². The third kappa shape index (κ3) is 3.33. The fraction of sp³-hybridized carbons (Fsp3) is 0.545. The molecule has 1 saturated heterocycles. The summed E-state index contributed by atoms with van der Waals surface area (Å²) in [4.78, 5) is 18.7. The number of aromatic amines is 1. The fourth-order valence-corrected chi connectivity index (χ4v) is 4.92. The van der Waals surface area contributed by atoms with Crippen LogP contribution in [0, 0.1) is 13.8 Å². The molecule has 5 rings (SSSR count). The number of hydrogen-bond acceptors (Lipinski definition) is 6. The van der Waals surface area contributed by atoms with Crippen LogP contribution in [0.1, 0.15) is 60.3 Å². The Hall–Kier alpha value is -2.58. The normalized spacial score (nSPS) is 19.5. The molecule has 0 spiro atoms. The summed E-state index contributed by atoms with van der Waals surface area (Å²) in [6.07, 6.45) is 4.56. The highest BCUT2D eigenvalue weighted by molar-refractivity contribution is 5.85. The molecule has 1 aliphatic carbocycles. The summed E-state index contributed by atoms with van der Waals surface area (Å²) in [5, 5.41) is 13.9.